The highest BCUT2D eigenvalue weighted by Crippen LogP contribution is 2.38. The average molecular weight is 1720 g/mol. The van der Waals surface area contributed by atoms with Crippen LogP contribution >= 0.6 is 0 Å². The minimum Gasteiger partial charge on any atom is -0.335 e. The van der Waals surface area contributed by atoms with Gasteiger partial charge >= 0.3 is 0 Å². The molecule has 3 fully saturated rings. The molecule has 0 radical (unpaired) electrons. The van der Waals surface area contributed by atoms with Crippen molar-refractivity contribution in [2.24, 2.45) is 17.8 Å². The number of rotatable bonds is 20. The van der Waals surface area contributed by atoms with Crippen molar-refractivity contribution >= 4 is 111 Å². The Hall–Kier alpha value is -16.1. The molecule has 21 aromatic rings. The van der Waals surface area contributed by atoms with Crippen LogP contribution in [0.2, 0.25) is 0 Å². The van der Waals surface area contributed by atoms with Gasteiger partial charge in [-0.2, -0.15) is 20.4 Å². The number of carbonyl (C=O) groups excluding carboxylic acids is 2. The van der Waals surface area contributed by atoms with Crippen molar-refractivity contribution in [1.82, 2.24) is 131 Å². The van der Waals surface area contributed by atoms with E-state index in [2.05, 4.69) is 221 Å². The first-order valence-electron chi connectivity index (χ1n) is 44.2. The number of fused-ring (bicyclic) bond motifs is 8. The summed E-state index contributed by atoms with van der Waals surface area (Å²) in [6.07, 6.45) is 43.8. The maximum absolute atomic E-state index is 12.7. The van der Waals surface area contributed by atoms with Gasteiger partial charge in [-0.1, -0.05) is 99.5 Å². The van der Waals surface area contributed by atoms with Gasteiger partial charge in [0.25, 0.3) is 0 Å². The van der Waals surface area contributed by atoms with Crippen LogP contribution < -0.4 is 21.3 Å². The van der Waals surface area contributed by atoms with Crippen molar-refractivity contribution in [3.05, 3.63) is 267 Å². The lowest BCUT2D eigenvalue weighted by Crippen LogP contribution is -2.24. The topological polar surface area (TPSA) is 415 Å². The largest absolute Gasteiger partial charge is 0.335 e. The predicted octanol–water partition coefficient (Wildman–Crippen LogP) is 19.5. The molecule has 3 saturated carbocycles. The molecule has 3 aliphatic rings. The number of hydrogen-bond donors (Lipinski definition) is 12. The molecule has 0 bridgehead atoms. The van der Waals surface area contributed by atoms with E-state index < -0.39 is 0 Å². The second-order valence-electron chi connectivity index (χ2n) is 33.5. The zero-order chi connectivity index (χ0) is 87.1. The predicted molar refractivity (Wildman–Crippen MR) is 505 cm³/mol. The van der Waals surface area contributed by atoms with Gasteiger partial charge in [-0.3, -0.25) is 69.9 Å². The molecule has 0 unspecified atom stereocenters. The first-order chi connectivity index (χ1) is 64.1. The van der Waals surface area contributed by atoms with Crippen molar-refractivity contribution in [2.45, 2.75) is 103 Å². The molecule has 0 aliphatic heterocycles. The molecule has 3 aliphatic carbocycles. The quantitative estimate of drug-likeness (QED) is 0.0337. The first-order valence-corrected chi connectivity index (χ1v) is 44.2. The fraction of sp³-hybridized carbons (Fsp3) is 0.200. The minimum absolute atomic E-state index is 0.0911. The third-order valence-corrected chi connectivity index (χ3v) is 24.7. The Morgan fingerprint density at radius 3 is 0.992 bits per heavy atom. The monoisotopic (exact) mass is 1710 g/mol. The number of H-pyrrole nitrogens is 8. The molecule has 30 heteroatoms. The molecule has 30 nitrogen and oxygen atoms in total. The molecular weight excluding hydrogens is 1630 g/mol. The Morgan fingerprint density at radius 1 is 0.292 bits per heavy atom. The van der Waals surface area contributed by atoms with E-state index in [1.165, 1.54) is 43.2 Å². The number of nitrogens with one attached hydrogen (secondary N) is 12. The van der Waals surface area contributed by atoms with Crippen molar-refractivity contribution in [2.75, 3.05) is 17.2 Å². The molecule has 24 rings (SSSR count). The number of anilines is 2. The van der Waals surface area contributed by atoms with Crippen LogP contribution in [-0.4, -0.2) is 139 Å². The standard InChI is InChI=1S/C26H21N7.C25H23N7O.C25H25N7.C24H21N7O/c1-2-4-17(5-3-1)12-28-13-18-10-20(15-29-14-18)19-6-7-22-21(11-19)25(33-32-22)26-30-23-8-9-27-16-24(23)31-26;33-25(15-4-2-1-3-5-15)28-18-10-17(12-27-13-18)16-6-7-20-19(11-16)23(32-31-20)24-29-21-8-9-26-14-22(21)30-24;1-2-4-16(3-1)11-27-12-17-9-19(14-28-13-17)18-5-6-21-20(10-18)24(32-31-21)25-29-22-7-8-26-15-23(22)30-25;32-24(14-3-1-2-4-14)27-17-9-16(11-26-12-17)15-5-6-19-18(10-15)22(31-30-19)23-28-20-7-8-25-13-21(20)29-23/h1-11,14-16,28H,12-13H2,(H,30,31)(H,32,33);6-15H,1-5H2,(H,28,33)(H,29,30)(H,31,32);5-10,13-16,27H,1-4,11-12H2,(H,29,30)(H,31,32);5-14H,1-4H2,(H,27,32)(H,28,29)(H,30,31). The molecule has 16 aromatic heterocycles. The summed E-state index contributed by atoms with van der Waals surface area (Å²) in [5, 5.41) is 47.6. The molecule has 5 aromatic carbocycles. The van der Waals surface area contributed by atoms with E-state index in [1.54, 1.807) is 68.2 Å². The molecule has 0 saturated heterocycles. The van der Waals surface area contributed by atoms with E-state index in [-0.39, 0.29) is 23.7 Å². The van der Waals surface area contributed by atoms with Gasteiger partial charge in [0.05, 0.1) is 115 Å². The minimum atomic E-state index is 0.0911. The average Bonchev–Trinajstić information content (AvgIpc) is 1.63. The molecular formula is C100H90N28O2. The van der Waals surface area contributed by atoms with Crippen LogP contribution in [0.3, 0.4) is 0 Å². The fourth-order valence-corrected chi connectivity index (χ4v) is 17.8. The van der Waals surface area contributed by atoms with Gasteiger partial charge in [0.1, 0.15) is 22.8 Å². The van der Waals surface area contributed by atoms with Gasteiger partial charge < -0.3 is 41.2 Å². The Bertz CT molecular complexity index is 7490. The summed E-state index contributed by atoms with van der Waals surface area (Å²) < 4.78 is 0. The van der Waals surface area contributed by atoms with Gasteiger partial charge in [-0.05, 0) is 187 Å². The second-order valence-corrected chi connectivity index (χ2v) is 33.5. The fourth-order valence-electron chi connectivity index (χ4n) is 17.8. The Balaban J connectivity index is 0.000000105. The van der Waals surface area contributed by atoms with E-state index in [0.717, 1.165) is 267 Å². The highest BCUT2D eigenvalue weighted by atomic mass is 16.2. The van der Waals surface area contributed by atoms with Crippen LogP contribution in [-0.2, 0) is 29.2 Å². The van der Waals surface area contributed by atoms with Crippen LogP contribution in [0.25, 0.3) is 178 Å². The zero-order valence-corrected chi connectivity index (χ0v) is 70.9. The third kappa shape index (κ3) is 17.8. The van der Waals surface area contributed by atoms with Gasteiger partial charge in [0, 0.05) is 137 Å². The van der Waals surface area contributed by atoms with Gasteiger partial charge in [0.2, 0.25) is 11.8 Å². The lowest BCUT2D eigenvalue weighted by atomic mass is 9.88. The molecule has 2 amide bonds. The summed E-state index contributed by atoms with van der Waals surface area (Å²) in [6.45, 7) is 3.52. The van der Waals surface area contributed by atoms with Crippen molar-refractivity contribution < 1.29 is 9.59 Å². The summed E-state index contributed by atoms with van der Waals surface area (Å²) in [6, 6.07) is 51.0. The Labute approximate surface area is 743 Å². The van der Waals surface area contributed by atoms with Crippen LogP contribution in [0.15, 0.2) is 251 Å². The van der Waals surface area contributed by atoms with Gasteiger partial charge in [-0.15, -0.1) is 0 Å². The summed E-state index contributed by atoms with van der Waals surface area (Å²) in [7, 11) is 0. The number of aromatic amines is 8. The summed E-state index contributed by atoms with van der Waals surface area (Å²) in [5.74, 6) is 4.07. The van der Waals surface area contributed by atoms with E-state index in [0.29, 0.717) is 11.6 Å². The molecule has 642 valence electrons. The van der Waals surface area contributed by atoms with Crippen LogP contribution in [0.5, 0.6) is 0 Å². The van der Waals surface area contributed by atoms with E-state index in [1.807, 2.05) is 104 Å². The Kier molecular flexibility index (Phi) is 23.0. The number of hydrogen-bond acceptors (Lipinski definition) is 20. The second kappa shape index (κ2) is 36.8. The van der Waals surface area contributed by atoms with Crippen LogP contribution in [0.1, 0.15) is 100 Å². The number of pyridine rings is 8. The number of imidazole rings is 4. The van der Waals surface area contributed by atoms with Crippen molar-refractivity contribution in [3.63, 3.8) is 0 Å². The van der Waals surface area contributed by atoms with Crippen LogP contribution in [0.4, 0.5) is 11.4 Å². The number of amides is 2. The van der Waals surface area contributed by atoms with Crippen molar-refractivity contribution in [1.29, 1.82) is 0 Å². The molecule has 130 heavy (non-hydrogen) atoms. The molecule has 0 atom stereocenters. The van der Waals surface area contributed by atoms with Gasteiger partial charge in [-0.25, -0.2) is 19.9 Å². The number of benzene rings is 5. The molecule has 16 heterocycles. The van der Waals surface area contributed by atoms with E-state index >= 15 is 0 Å². The highest BCUT2D eigenvalue weighted by Gasteiger charge is 2.26. The van der Waals surface area contributed by atoms with Gasteiger partial charge in [0.15, 0.2) is 23.3 Å². The smallest absolute Gasteiger partial charge is 0.227 e. The normalized spacial score (nSPS) is 13.8. The van der Waals surface area contributed by atoms with Crippen LogP contribution in [0, 0.1) is 17.8 Å². The first kappa shape index (κ1) is 81.0. The molecule has 0 spiro atoms. The van der Waals surface area contributed by atoms with Crippen molar-refractivity contribution in [3.8, 4) is 90.6 Å². The zero-order valence-electron chi connectivity index (χ0n) is 70.9. The Morgan fingerprint density at radius 2 is 0.623 bits per heavy atom. The maximum Gasteiger partial charge on any atom is 0.227 e. The highest BCUT2D eigenvalue weighted by molar-refractivity contribution is 6.01. The lowest BCUT2D eigenvalue weighted by Gasteiger charge is -2.20. The number of aromatic nitrogens is 24. The maximum atomic E-state index is 12.7. The number of carbonyl (C=O) groups is 2. The molecule has 12 N–H and O–H groups in total. The number of nitrogens with zero attached hydrogens (tertiary/aromatic N) is 16. The lowest BCUT2D eigenvalue weighted by molar-refractivity contribution is -0.121. The van der Waals surface area contributed by atoms with E-state index in [4.69, 9.17) is 0 Å². The summed E-state index contributed by atoms with van der Waals surface area (Å²) >= 11 is 0. The third-order valence-electron chi connectivity index (χ3n) is 24.7. The van der Waals surface area contributed by atoms with E-state index in [9.17, 15) is 9.59 Å². The SMILES string of the molecule is O=C(Nc1cncc(-c2ccc3[nH]nc(-c4nc5ccncc5[nH]4)c3c2)c1)C1CCCC1.O=C(Nc1cncc(-c2ccc3[nH]nc(-c4nc5ccncc5[nH]4)c3c2)c1)C1CCCCC1.c1cc2nc(-c3n[nH]c4ccc(-c5cncc(CNCC6CCCC6)c5)cc34)[nH]c2cn1.c1ccc(CNCc2cncc(-c3ccc4[nH]nc(-c5nc6ccncc6[nH]5)c4c3)c2)cc1. The summed E-state index contributed by atoms with van der Waals surface area (Å²) in [5.41, 5.74) is 27.1. The summed E-state index contributed by atoms with van der Waals surface area (Å²) in [4.78, 5) is 91.4.